The summed E-state index contributed by atoms with van der Waals surface area (Å²) in [5.41, 5.74) is 0. The molecule has 4 aliphatic rings. The predicted molar refractivity (Wildman–Crippen MR) is 129 cm³/mol. The van der Waals surface area contributed by atoms with Crippen LogP contribution in [0.15, 0.2) is 17.1 Å². The molecule has 2 saturated carbocycles. The van der Waals surface area contributed by atoms with E-state index in [1.807, 2.05) is 6.92 Å². The van der Waals surface area contributed by atoms with Crippen molar-refractivity contribution in [2.24, 2.45) is 28.7 Å². The predicted octanol–water partition coefficient (Wildman–Crippen LogP) is 1.42. The summed E-state index contributed by atoms with van der Waals surface area (Å²) in [7, 11) is 0. The van der Waals surface area contributed by atoms with E-state index in [4.69, 9.17) is 0 Å². The van der Waals surface area contributed by atoms with Crippen LogP contribution in [0.25, 0.3) is 0 Å². The van der Waals surface area contributed by atoms with Crippen LogP contribution in [0.4, 0.5) is 0 Å². The fourth-order valence-electron chi connectivity index (χ4n) is 5.48. The van der Waals surface area contributed by atoms with E-state index in [2.05, 4.69) is 33.1 Å². The lowest BCUT2D eigenvalue weighted by molar-refractivity contribution is -0.140. The third kappa shape index (κ3) is 5.23. The Labute approximate surface area is 201 Å². The molecule has 3 fully saturated rings. The summed E-state index contributed by atoms with van der Waals surface area (Å²) < 4.78 is 0. The minimum atomic E-state index is -0.155. The van der Waals surface area contributed by atoms with Gasteiger partial charge in [-0.15, -0.1) is 24.0 Å². The zero-order valence-electron chi connectivity index (χ0n) is 18.1. The molecule has 4 rings (SSSR count). The van der Waals surface area contributed by atoms with Crippen molar-refractivity contribution < 1.29 is 14.4 Å². The molecule has 0 radical (unpaired) electrons. The van der Waals surface area contributed by atoms with Crippen molar-refractivity contribution in [1.82, 2.24) is 20.9 Å². The van der Waals surface area contributed by atoms with E-state index in [1.165, 1.54) is 24.2 Å². The molecule has 0 spiro atoms. The summed E-state index contributed by atoms with van der Waals surface area (Å²) >= 11 is 0. The van der Waals surface area contributed by atoms with E-state index in [0.717, 1.165) is 19.3 Å². The van der Waals surface area contributed by atoms with Gasteiger partial charge in [0.15, 0.2) is 5.96 Å². The fourth-order valence-corrected chi connectivity index (χ4v) is 5.48. The molecule has 2 bridgehead atoms. The summed E-state index contributed by atoms with van der Waals surface area (Å²) in [6.07, 6.45) is 10.8. The number of carbonyl (C=O) groups excluding carboxylic acids is 3. The maximum Gasteiger partial charge on any atom is 0.242 e. The van der Waals surface area contributed by atoms with E-state index in [-0.39, 0.29) is 78.0 Å². The van der Waals surface area contributed by atoms with Crippen molar-refractivity contribution in [2.75, 3.05) is 26.2 Å². The second kappa shape index (κ2) is 10.8. The Morgan fingerprint density at radius 1 is 1.06 bits per heavy atom. The zero-order valence-corrected chi connectivity index (χ0v) is 20.5. The zero-order chi connectivity index (χ0) is 21.1. The van der Waals surface area contributed by atoms with Gasteiger partial charge in [-0.25, -0.2) is 4.99 Å². The molecule has 4 unspecified atom stereocenters. The Morgan fingerprint density at radius 2 is 1.71 bits per heavy atom. The Morgan fingerprint density at radius 3 is 2.32 bits per heavy atom. The minimum Gasteiger partial charge on any atom is -0.357 e. The van der Waals surface area contributed by atoms with Gasteiger partial charge in [0.1, 0.15) is 6.54 Å². The van der Waals surface area contributed by atoms with Crippen molar-refractivity contribution in [2.45, 2.75) is 51.5 Å². The van der Waals surface area contributed by atoms with Crippen LogP contribution >= 0.6 is 24.0 Å². The largest absolute Gasteiger partial charge is 0.357 e. The Hall–Kier alpha value is -1.65. The molecule has 0 aromatic rings. The molecular weight excluding hydrogens is 509 g/mol. The van der Waals surface area contributed by atoms with Crippen molar-refractivity contribution in [3.63, 3.8) is 0 Å². The first kappa shape index (κ1) is 24.0. The molecule has 3 amide bonds. The number of hydrogen-bond donors (Lipinski definition) is 3. The number of halogens is 1. The standard InChI is InChI=1S/C22H33N5O3.HI/c1-2-23-22(25-13-17(28)26-16-6-4-3-5-7-16)24-10-11-27-20(29)18-14-8-9-15(12-14)19(18)21(27)30;/h8-9,14-16,18-19H,2-7,10-13H2,1H3,(H,26,28)(H2,23,24,25);1H. The topological polar surface area (TPSA) is 103 Å². The van der Waals surface area contributed by atoms with Gasteiger partial charge in [-0.3, -0.25) is 19.3 Å². The average molecular weight is 543 g/mol. The molecule has 1 saturated heterocycles. The molecule has 1 heterocycles. The van der Waals surface area contributed by atoms with Gasteiger partial charge in [0.05, 0.1) is 11.8 Å². The quantitative estimate of drug-likeness (QED) is 0.148. The van der Waals surface area contributed by atoms with Gasteiger partial charge in [-0.1, -0.05) is 31.4 Å². The van der Waals surface area contributed by atoms with Crippen LogP contribution in [0.5, 0.6) is 0 Å². The smallest absolute Gasteiger partial charge is 0.242 e. The number of carbonyl (C=O) groups is 3. The summed E-state index contributed by atoms with van der Waals surface area (Å²) in [4.78, 5) is 43.4. The van der Waals surface area contributed by atoms with Crippen LogP contribution in [0, 0.1) is 23.7 Å². The number of hydrogen-bond acceptors (Lipinski definition) is 4. The first-order valence-electron chi connectivity index (χ1n) is 11.4. The van der Waals surface area contributed by atoms with Crippen molar-refractivity contribution in [3.8, 4) is 0 Å². The fraction of sp³-hybridized carbons (Fsp3) is 0.727. The summed E-state index contributed by atoms with van der Waals surface area (Å²) in [5, 5.41) is 9.32. The van der Waals surface area contributed by atoms with Crippen LogP contribution in [0.2, 0.25) is 0 Å². The van der Waals surface area contributed by atoms with Crippen LogP contribution in [-0.4, -0.2) is 60.8 Å². The number of imide groups is 1. The van der Waals surface area contributed by atoms with Crippen molar-refractivity contribution in [1.29, 1.82) is 0 Å². The second-order valence-electron chi connectivity index (χ2n) is 8.85. The molecule has 172 valence electrons. The molecule has 0 aromatic heterocycles. The van der Waals surface area contributed by atoms with E-state index in [9.17, 15) is 14.4 Å². The first-order valence-corrected chi connectivity index (χ1v) is 11.4. The molecule has 3 N–H and O–H groups in total. The van der Waals surface area contributed by atoms with Crippen molar-refractivity contribution in [3.05, 3.63) is 12.2 Å². The molecule has 8 nitrogen and oxygen atoms in total. The molecule has 9 heteroatoms. The van der Waals surface area contributed by atoms with Gasteiger partial charge in [-0.05, 0) is 38.0 Å². The van der Waals surface area contributed by atoms with Gasteiger partial charge in [0.2, 0.25) is 17.7 Å². The highest BCUT2D eigenvalue weighted by molar-refractivity contribution is 14.0. The maximum atomic E-state index is 12.7. The normalized spacial score (nSPS) is 29.7. The van der Waals surface area contributed by atoms with Crippen LogP contribution in [0.3, 0.4) is 0 Å². The highest BCUT2D eigenvalue weighted by atomic mass is 127. The Kier molecular flexibility index (Phi) is 8.35. The van der Waals surface area contributed by atoms with Crippen molar-refractivity contribution >= 4 is 47.7 Å². The van der Waals surface area contributed by atoms with E-state index >= 15 is 0 Å². The summed E-state index contributed by atoms with van der Waals surface area (Å²) in [6.45, 7) is 3.42. The molecule has 1 aliphatic heterocycles. The number of nitrogens with zero attached hydrogens (tertiary/aromatic N) is 2. The van der Waals surface area contributed by atoms with Gasteiger partial charge in [0, 0.05) is 25.7 Å². The lowest BCUT2D eigenvalue weighted by Crippen LogP contribution is -2.44. The lowest BCUT2D eigenvalue weighted by atomic mass is 9.85. The maximum absolute atomic E-state index is 12.7. The average Bonchev–Trinajstić information content (AvgIpc) is 3.42. The van der Waals surface area contributed by atoms with Gasteiger partial charge in [0.25, 0.3) is 0 Å². The lowest BCUT2D eigenvalue weighted by Gasteiger charge is -2.22. The molecular formula is C22H34IN5O3. The monoisotopic (exact) mass is 543 g/mol. The molecule has 4 atom stereocenters. The van der Waals surface area contributed by atoms with E-state index in [1.54, 1.807) is 0 Å². The second-order valence-corrected chi connectivity index (χ2v) is 8.85. The van der Waals surface area contributed by atoms with Gasteiger partial charge in [-0.2, -0.15) is 0 Å². The first-order chi connectivity index (χ1) is 14.6. The van der Waals surface area contributed by atoms with Gasteiger partial charge < -0.3 is 16.0 Å². The third-order valence-electron chi connectivity index (χ3n) is 6.88. The van der Waals surface area contributed by atoms with Crippen LogP contribution in [-0.2, 0) is 14.4 Å². The Bertz CT molecular complexity index is 719. The molecule has 0 aromatic carbocycles. The number of nitrogens with one attached hydrogen (secondary N) is 3. The number of guanidine groups is 1. The number of amides is 3. The summed E-state index contributed by atoms with van der Waals surface area (Å²) in [6, 6.07) is 0.272. The van der Waals surface area contributed by atoms with E-state index in [0.29, 0.717) is 25.6 Å². The van der Waals surface area contributed by atoms with Gasteiger partial charge >= 0.3 is 0 Å². The van der Waals surface area contributed by atoms with E-state index < -0.39 is 0 Å². The van der Waals surface area contributed by atoms with Crippen LogP contribution < -0.4 is 16.0 Å². The molecule has 31 heavy (non-hydrogen) atoms. The molecule has 3 aliphatic carbocycles. The number of aliphatic imine (C=N–C) groups is 1. The number of rotatable bonds is 7. The highest BCUT2D eigenvalue weighted by Gasteiger charge is 2.58. The number of fused-ring (bicyclic) bond motifs is 5. The third-order valence-corrected chi connectivity index (χ3v) is 6.88. The number of likely N-dealkylation sites (tertiary alicyclic amines) is 1. The minimum absolute atomic E-state index is 0. The highest BCUT2D eigenvalue weighted by Crippen LogP contribution is 2.52. The van der Waals surface area contributed by atoms with Crippen LogP contribution in [0.1, 0.15) is 45.4 Å². The SMILES string of the molecule is CCNC(=NCC(=O)NC1CCCCC1)NCCN1C(=O)C2C3C=CC(C3)C2C1=O.I. The number of allylic oxidation sites excluding steroid dienone is 2. The summed E-state index contributed by atoms with van der Waals surface area (Å²) in [5.74, 6) is 0.551. The Balaban J connectivity index is 0.00000272.